The van der Waals surface area contributed by atoms with Crippen molar-refractivity contribution >= 4 is 27.8 Å². The van der Waals surface area contributed by atoms with Crippen LogP contribution in [0.15, 0.2) is 38.5 Å². The predicted molar refractivity (Wildman–Crippen MR) is 95.1 cm³/mol. The molecule has 124 valence electrons. The van der Waals surface area contributed by atoms with E-state index in [2.05, 4.69) is 20.9 Å². The van der Waals surface area contributed by atoms with Gasteiger partial charge in [0.15, 0.2) is 0 Å². The molecule has 0 saturated carbocycles. The quantitative estimate of drug-likeness (QED) is 0.796. The second-order valence-electron chi connectivity index (χ2n) is 5.04. The fourth-order valence-electron chi connectivity index (χ4n) is 2.21. The molecule has 0 aliphatic carbocycles. The number of nitriles is 1. The van der Waals surface area contributed by atoms with E-state index in [1.807, 2.05) is 24.3 Å². The minimum absolute atomic E-state index is 0.0143. The van der Waals surface area contributed by atoms with Gasteiger partial charge < -0.3 is 9.84 Å². The minimum Gasteiger partial charge on any atom is -0.494 e. The number of hydrogen-bond donors (Lipinski definition) is 1. The third-order valence-corrected chi connectivity index (χ3v) is 4.01. The lowest BCUT2D eigenvalue weighted by Gasteiger charge is -2.13. The van der Waals surface area contributed by atoms with Gasteiger partial charge in [0.2, 0.25) is 5.88 Å². The molecule has 0 bridgehead atoms. The topological polar surface area (TPSA) is 87.6 Å². The molecule has 0 saturated heterocycles. The monoisotopic (exact) mass is 389 g/mol. The fourth-order valence-corrected chi connectivity index (χ4v) is 2.60. The molecule has 0 unspecified atom stereocenters. The Bertz CT molecular complexity index is 882. The summed E-state index contributed by atoms with van der Waals surface area (Å²) in [6, 6.07) is 9.23. The first kappa shape index (κ1) is 17.9. The maximum atomic E-state index is 12.3. The summed E-state index contributed by atoms with van der Waals surface area (Å²) < 4.78 is 6.95. The highest BCUT2D eigenvalue weighted by Crippen LogP contribution is 2.22. The van der Waals surface area contributed by atoms with Crippen molar-refractivity contribution in [1.82, 2.24) is 4.57 Å². The number of aromatic nitrogens is 1. The lowest BCUT2D eigenvalue weighted by Crippen LogP contribution is -2.26. The first-order valence-corrected chi connectivity index (χ1v) is 7.94. The molecule has 0 aliphatic rings. The SMILES string of the molecule is COCCn1c(O)c(C=Nc2cccc(Br)c2)c(C)c(C#N)c1=O. The van der Waals surface area contributed by atoms with Gasteiger partial charge in [-0.2, -0.15) is 5.26 Å². The zero-order chi connectivity index (χ0) is 17.7. The number of aliphatic imine (C=N–C) groups is 1. The van der Waals surface area contributed by atoms with E-state index >= 15 is 0 Å². The summed E-state index contributed by atoms with van der Waals surface area (Å²) in [5, 5.41) is 19.7. The molecule has 1 N–H and O–H groups in total. The molecular weight excluding hydrogens is 374 g/mol. The zero-order valence-corrected chi connectivity index (χ0v) is 14.9. The molecule has 0 fully saturated rings. The molecule has 2 rings (SSSR count). The molecule has 0 atom stereocenters. The maximum Gasteiger partial charge on any atom is 0.271 e. The van der Waals surface area contributed by atoms with E-state index < -0.39 is 5.56 Å². The Hall–Kier alpha value is -2.43. The highest BCUT2D eigenvalue weighted by molar-refractivity contribution is 9.10. The summed E-state index contributed by atoms with van der Waals surface area (Å²) in [5.74, 6) is -0.229. The molecule has 1 aromatic heterocycles. The van der Waals surface area contributed by atoms with Crippen molar-refractivity contribution in [3.8, 4) is 11.9 Å². The molecule has 24 heavy (non-hydrogen) atoms. The molecule has 0 radical (unpaired) electrons. The van der Waals surface area contributed by atoms with Gasteiger partial charge in [0, 0.05) is 17.8 Å². The number of pyridine rings is 1. The van der Waals surface area contributed by atoms with Crippen LogP contribution in [0, 0.1) is 18.3 Å². The average molecular weight is 390 g/mol. The lowest BCUT2D eigenvalue weighted by atomic mass is 10.1. The van der Waals surface area contributed by atoms with Crippen LogP contribution in [0.25, 0.3) is 0 Å². The molecular formula is C17H16BrN3O3. The number of ether oxygens (including phenoxy) is 1. The van der Waals surface area contributed by atoms with Gasteiger partial charge in [0.1, 0.15) is 11.6 Å². The smallest absolute Gasteiger partial charge is 0.271 e. The first-order chi connectivity index (χ1) is 11.5. The van der Waals surface area contributed by atoms with Gasteiger partial charge in [-0.3, -0.25) is 14.4 Å². The third-order valence-electron chi connectivity index (χ3n) is 3.52. The summed E-state index contributed by atoms with van der Waals surface area (Å²) in [6.45, 7) is 2.00. The Labute approximate surface area is 147 Å². The predicted octanol–water partition coefficient (Wildman–Crippen LogP) is 2.89. The molecule has 1 aromatic carbocycles. The van der Waals surface area contributed by atoms with Gasteiger partial charge in [-0.25, -0.2) is 0 Å². The van der Waals surface area contributed by atoms with Crippen molar-refractivity contribution in [3.05, 3.63) is 55.8 Å². The van der Waals surface area contributed by atoms with E-state index in [1.54, 1.807) is 13.0 Å². The number of methoxy groups -OCH3 is 1. The number of nitrogens with zero attached hydrogens (tertiary/aromatic N) is 3. The first-order valence-electron chi connectivity index (χ1n) is 7.14. The Kier molecular flexibility index (Phi) is 5.90. The normalized spacial score (nSPS) is 10.9. The highest BCUT2D eigenvalue weighted by atomic mass is 79.9. The van der Waals surface area contributed by atoms with Crippen LogP contribution >= 0.6 is 15.9 Å². The van der Waals surface area contributed by atoms with Crippen LogP contribution in [0.2, 0.25) is 0 Å². The average Bonchev–Trinajstić information content (AvgIpc) is 2.55. The van der Waals surface area contributed by atoms with Crippen LogP contribution in [0.5, 0.6) is 5.88 Å². The maximum absolute atomic E-state index is 12.3. The van der Waals surface area contributed by atoms with Crippen molar-refractivity contribution in [2.45, 2.75) is 13.5 Å². The summed E-state index contributed by atoms with van der Waals surface area (Å²) in [7, 11) is 1.50. The van der Waals surface area contributed by atoms with E-state index in [0.717, 1.165) is 9.04 Å². The summed E-state index contributed by atoms with van der Waals surface area (Å²) in [6.07, 6.45) is 1.45. The Morgan fingerprint density at radius 1 is 1.50 bits per heavy atom. The third kappa shape index (κ3) is 3.72. The van der Waals surface area contributed by atoms with Crippen LogP contribution < -0.4 is 5.56 Å². The second kappa shape index (κ2) is 7.90. The summed E-state index contributed by atoms with van der Waals surface area (Å²) >= 11 is 3.36. The number of halogens is 1. The van der Waals surface area contributed by atoms with Crippen LogP contribution in [-0.4, -0.2) is 29.6 Å². The van der Waals surface area contributed by atoms with Gasteiger partial charge in [0.05, 0.1) is 24.4 Å². The Morgan fingerprint density at radius 3 is 2.88 bits per heavy atom. The van der Waals surface area contributed by atoms with Gasteiger partial charge in [-0.05, 0) is 30.7 Å². The summed E-state index contributed by atoms with van der Waals surface area (Å²) in [4.78, 5) is 16.6. The number of rotatable bonds is 5. The van der Waals surface area contributed by atoms with Gasteiger partial charge in [-0.15, -0.1) is 0 Å². The van der Waals surface area contributed by atoms with E-state index in [9.17, 15) is 15.2 Å². The van der Waals surface area contributed by atoms with E-state index in [4.69, 9.17) is 4.74 Å². The van der Waals surface area contributed by atoms with Gasteiger partial charge >= 0.3 is 0 Å². The van der Waals surface area contributed by atoms with Crippen molar-refractivity contribution in [2.24, 2.45) is 4.99 Å². The standard InChI is InChI=1S/C17H16BrN3O3/c1-11-14(9-19)16(22)21(6-7-24-2)17(23)15(11)10-20-13-5-3-4-12(18)8-13/h3-5,8,10,23H,6-7H2,1-2H3. The number of aromatic hydroxyl groups is 1. The van der Waals surface area contributed by atoms with E-state index in [-0.39, 0.29) is 24.6 Å². The molecule has 1 heterocycles. The molecule has 0 spiro atoms. The fraction of sp³-hybridized carbons (Fsp3) is 0.235. The van der Waals surface area contributed by atoms with E-state index in [1.165, 1.54) is 13.3 Å². The lowest BCUT2D eigenvalue weighted by molar-refractivity contribution is 0.182. The largest absolute Gasteiger partial charge is 0.494 e. The second-order valence-corrected chi connectivity index (χ2v) is 5.95. The van der Waals surface area contributed by atoms with Crippen LogP contribution in [0.4, 0.5) is 5.69 Å². The van der Waals surface area contributed by atoms with Crippen molar-refractivity contribution in [3.63, 3.8) is 0 Å². The van der Waals surface area contributed by atoms with Crippen LogP contribution in [-0.2, 0) is 11.3 Å². The molecule has 0 amide bonds. The summed E-state index contributed by atoms with van der Waals surface area (Å²) in [5.41, 5.74) is 0.856. The van der Waals surface area contributed by atoms with Crippen molar-refractivity contribution in [2.75, 3.05) is 13.7 Å². The van der Waals surface area contributed by atoms with Gasteiger partial charge in [0.25, 0.3) is 5.56 Å². The minimum atomic E-state index is -0.538. The van der Waals surface area contributed by atoms with Crippen molar-refractivity contribution in [1.29, 1.82) is 5.26 Å². The highest BCUT2D eigenvalue weighted by Gasteiger charge is 2.17. The van der Waals surface area contributed by atoms with Gasteiger partial charge in [-0.1, -0.05) is 22.0 Å². The molecule has 7 heteroatoms. The van der Waals surface area contributed by atoms with E-state index in [0.29, 0.717) is 16.8 Å². The van der Waals surface area contributed by atoms with Crippen molar-refractivity contribution < 1.29 is 9.84 Å². The molecule has 6 nitrogen and oxygen atoms in total. The Morgan fingerprint density at radius 2 is 2.25 bits per heavy atom. The number of hydrogen-bond acceptors (Lipinski definition) is 5. The zero-order valence-electron chi connectivity index (χ0n) is 13.3. The molecule has 0 aliphatic heterocycles. The van der Waals surface area contributed by atoms with Crippen LogP contribution in [0.3, 0.4) is 0 Å². The van der Waals surface area contributed by atoms with Crippen LogP contribution in [0.1, 0.15) is 16.7 Å². The Balaban J connectivity index is 2.56. The molecule has 2 aromatic rings. The number of benzene rings is 1.